The number of rotatable bonds is 3. The fourth-order valence-corrected chi connectivity index (χ4v) is 2.57. The van der Waals surface area contributed by atoms with Crippen LogP contribution in [0.5, 0.6) is 0 Å². The molecule has 0 radical (unpaired) electrons. The minimum absolute atomic E-state index is 0.0882. The molecule has 7 nitrogen and oxygen atoms in total. The highest BCUT2D eigenvalue weighted by Crippen LogP contribution is 2.31. The molecule has 0 unspecified atom stereocenters. The minimum atomic E-state index is -0.459. The Bertz CT molecular complexity index is 1070. The number of hydrogen-bond donors (Lipinski definition) is 0. The predicted octanol–water partition coefficient (Wildman–Crippen LogP) is 3.66. The SMILES string of the molecule is O=[N+]([O-])c1cccc2nc(-c3ccccn3)c(-c3ccccn3)nc12. The fraction of sp³-hybridized carbons (Fsp3) is 0. The number of benzene rings is 1. The Morgan fingerprint density at radius 1 is 0.760 bits per heavy atom. The average molecular weight is 329 g/mol. The van der Waals surface area contributed by atoms with Crippen LogP contribution in [-0.2, 0) is 0 Å². The number of nitro benzene ring substituents is 1. The molecule has 0 aliphatic heterocycles. The smallest absolute Gasteiger partial charge is 0.258 e. The van der Waals surface area contributed by atoms with Crippen molar-refractivity contribution in [2.45, 2.75) is 0 Å². The molecule has 0 fully saturated rings. The summed E-state index contributed by atoms with van der Waals surface area (Å²) in [6.07, 6.45) is 3.31. The maximum Gasteiger partial charge on any atom is 0.297 e. The third-order valence-electron chi connectivity index (χ3n) is 3.69. The highest BCUT2D eigenvalue weighted by atomic mass is 16.6. The summed E-state index contributed by atoms with van der Waals surface area (Å²) in [5, 5.41) is 11.3. The molecule has 0 spiro atoms. The van der Waals surface area contributed by atoms with Crippen molar-refractivity contribution >= 4 is 16.7 Å². The summed E-state index contributed by atoms with van der Waals surface area (Å²) in [5.74, 6) is 0. The molecule has 0 aliphatic carbocycles. The Kier molecular flexibility index (Phi) is 3.59. The van der Waals surface area contributed by atoms with Crippen LogP contribution in [0.2, 0.25) is 0 Å². The van der Waals surface area contributed by atoms with Crippen molar-refractivity contribution in [2.24, 2.45) is 0 Å². The summed E-state index contributed by atoms with van der Waals surface area (Å²) >= 11 is 0. The topological polar surface area (TPSA) is 94.7 Å². The van der Waals surface area contributed by atoms with Gasteiger partial charge in [-0.05, 0) is 30.3 Å². The number of para-hydroxylation sites is 1. The number of fused-ring (bicyclic) bond motifs is 1. The van der Waals surface area contributed by atoms with E-state index in [1.807, 2.05) is 24.3 Å². The Hall–Kier alpha value is -3.74. The van der Waals surface area contributed by atoms with Crippen LogP contribution in [0.3, 0.4) is 0 Å². The molecule has 3 aromatic heterocycles. The number of aromatic nitrogens is 4. The lowest BCUT2D eigenvalue weighted by atomic mass is 10.1. The van der Waals surface area contributed by atoms with Gasteiger partial charge in [0, 0.05) is 18.5 Å². The first kappa shape index (κ1) is 14.8. The average Bonchev–Trinajstić information content (AvgIpc) is 2.67. The van der Waals surface area contributed by atoms with E-state index in [9.17, 15) is 10.1 Å². The maximum absolute atomic E-state index is 11.3. The van der Waals surface area contributed by atoms with Crippen LogP contribution in [0.25, 0.3) is 33.8 Å². The number of non-ortho nitro benzene ring substituents is 1. The highest BCUT2D eigenvalue weighted by molar-refractivity contribution is 5.89. The van der Waals surface area contributed by atoms with Crippen LogP contribution >= 0.6 is 0 Å². The summed E-state index contributed by atoms with van der Waals surface area (Å²) in [7, 11) is 0. The molecule has 1 aromatic carbocycles. The van der Waals surface area contributed by atoms with Gasteiger partial charge < -0.3 is 0 Å². The molecule has 0 saturated heterocycles. The molecule has 0 aliphatic rings. The first-order valence-corrected chi connectivity index (χ1v) is 7.52. The largest absolute Gasteiger partial charge is 0.297 e. The van der Waals surface area contributed by atoms with Crippen LogP contribution in [0, 0.1) is 10.1 Å². The molecule has 0 bridgehead atoms. The van der Waals surface area contributed by atoms with E-state index >= 15 is 0 Å². The second-order valence-electron chi connectivity index (χ2n) is 5.25. The lowest BCUT2D eigenvalue weighted by Crippen LogP contribution is -2.00. The van der Waals surface area contributed by atoms with Crippen LogP contribution in [0.4, 0.5) is 5.69 Å². The van der Waals surface area contributed by atoms with Gasteiger partial charge in [-0.25, -0.2) is 9.97 Å². The van der Waals surface area contributed by atoms with Gasteiger partial charge in [-0.15, -0.1) is 0 Å². The standard InChI is InChI=1S/C18H11N5O2/c24-23(25)15-9-5-8-14-16(15)22-18(13-7-2-4-11-20-13)17(21-14)12-6-1-3-10-19-12/h1-11H. The Morgan fingerprint density at radius 3 is 1.96 bits per heavy atom. The fourth-order valence-electron chi connectivity index (χ4n) is 2.57. The highest BCUT2D eigenvalue weighted by Gasteiger charge is 2.20. The van der Waals surface area contributed by atoms with Crippen molar-refractivity contribution < 1.29 is 4.92 Å². The number of pyridine rings is 2. The van der Waals surface area contributed by atoms with E-state index in [1.165, 1.54) is 6.07 Å². The van der Waals surface area contributed by atoms with Crippen molar-refractivity contribution in [3.05, 3.63) is 77.1 Å². The quantitative estimate of drug-likeness (QED) is 0.420. The second-order valence-corrected chi connectivity index (χ2v) is 5.25. The van der Waals surface area contributed by atoms with Gasteiger partial charge in [0.15, 0.2) is 5.52 Å². The van der Waals surface area contributed by atoms with Crippen molar-refractivity contribution in [3.8, 4) is 22.8 Å². The van der Waals surface area contributed by atoms with E-state index < -0.39 is 4.92 Å². The molecule has 4 rings (SSSR count). The zero-order valence-corrected chi connectivity index (χ0v) is 12.9. The van der Waals surface area contributed by atoms with Gasteiger partial charge >= 0.3 is 0 Å². The van der Waals surface area contributed by atoms with Crippen LogP contribution in [0.1, 0.15) is 0 Å². The third-order valence-corrected chi connectivity index (χ3v) is 3.69. The Labute approximate surface area is 142 Å². The Morgan fingerprint density at radius 2 is 1.40 bits per heavy atom. The normalized spacial score (nSPS) is 10.7. The Balaban J connectivity index is 2.08. The molecule has 0 saturated carbocycles. The number of nitro groups is 1. The molecule has 0 amide bonds. The molecular formula is C18H11N5O2. The second kappa shape index (κ2) is 6.04. The molecule has 7 heteroatoms. The molecule has 4 aromatic rings. The van der Waals surface area contributed by atoms with Crippen LogP contribution in [0.15, 0.2) is 67.0 Å². The van der Waals surface area contributed by atoms with Gasteiger partial charge in [0.25, 0.3) is 5.69 Å². The maximum atomic E-state index is 11.3. The van der Waals surface area contributed by atoms with E-state index in [-0.39, 0.29) is 11.2 Å². The van der Waals surface area contributed by atoms with Gasteiger partial charge in [-0.3, -0.25) is 20.1 Å². The monoisotopic (exact) mass is 329 g/mol. The van der Waals surface area contributed by atoms with E-state index in [1.54, 1.807) is 36.7 Å². The van der Waals surface area contributed by atoms with Crippen LogP contribution < -0.4 is 0 Å². The molecule has 25 heavy (non-hydrogen) atoms. The molecule has 120 valence electrons. The summed E-state index contributed by atoms with van der Waals surface area (Å²) < 4.78 is 0. The number of nitrogens with zero attached hydrogens (tertiary/aromatic N) is 5. The van der Waals surface area contributed by atoms with Gasteiger partial charge in [0.1, 0.15) is 11.4 Å². The first-order chi connectivity index (χ1) is 12.2. The summed E-state index contributed by atoms with van der Waals surface area (Å²) in [5.41, 5.74) is 2.78. The summed E-state index contributed by atoms with van der Waals surface area (Å²) in [6.45, 7) is 0. The van der Waals surface area contributed by atoms with Gasteiger partial charge in [0.2, 0.25) is 0 Å². The molecule has 0 atom stereocenters. The summed E-state index contributed by atoms with van der Waals surface area (Å²) in [4.78, 5) is 28.7. The summed E-state index contributed by atoms with van der Waals surface area (Å²) in [6, 6.07) is 15.6. The van der Waals surface area contributed by atoms with E-state index in [4.69, 9.17) is 0 Å². The zero-order chi connectivity index (χ0) is 17.2. The predicted molar refractivity (Wildman–Crippen MR) is 92.7 cm³/mol. The molecule has 3 heterocycles. The minimum Gasteiger partial charge on any atom is -0.258 e. The molecular weight excluding hydrogens is 318 g/mol. The zero-order valence-electron chi connectivity index (χ0n) is 12.9. The van der Waals surface area contributed by atoms with Crippen molar-refractivity contribution in [3.63, 3.8) is 0 Å². The van der Waals surface area contributed by atoms with Crippen molar-refractivity contribution in [1.82, 2.24) is 19.9 Å². The van der Waals surface area contributed by atoms with Gasteiger partial charge in [-0.2, -0.15) is 0 Å². The van der Waals surface area contributed by atoms with E-state index in [0.717, 1.165) is 0 Å². The van der Waals surface area contributed by atoms with Gasteiger partial charge in [-0.1, -0.05) is 18.2 Å². The van der Waals surface area contributed by atoms with E-state index in [0.29, 0.717) is 28.3 Å². The van der Waals surface area contributed by atoms with E-state index in [2.05, 4.69) is 19.9 Å². The molecule has 0 N–H and O–H groups in total. The first-order valence-electron chi connectivity index (χ1n) is 7.52. The number of hydrogen-bond acceptors (Lipinski definition) is 6. The van der Waals surface area contributed by atoms with Gasteiger partial charge in [0.05, 0.1) is 21.8 Å². The van der Waals surface area contributed by atoms with Crippen molar-refractivity contribution in [1.29, 1.82) is 0 Å². The lowest BCUT2D eigenvalue weighted by molar-refractivity contribution is -0.383. The van der Waals surface area contributed by atoms with Crippen molar-refractivity contribution in [2.75, 3.05) is 0 Å². The lowest BCUT2D eigenvalue weighted by Gasteiger charge is -2.09. The third kappa shape index (κ3) is 2.67. The van der Waals surface area contributed by atoms with Crippen LogP contribution in [-0.4, -0.2) is 24.9 Å².